The Labute approximate surface area is 130 Å². The Morgan fingerprint density at radius 1 is 1.14 bits per heavy atom. The molecule has 1 amide bonds. The molecular formula is C16H11ClN2O3. The third-order valence-electron chi connectivity index (χ3n) is 3.30. The van der Waals surface area contributed by atoms with E-state index in [1.165, 1.54) is 12.1 Å². The van der Waals surface area contributed by atoms with Gasteiger partial charge in [0, 0.05) is 5.39 Å². The van der Waals surface area contributed by atoms with Gasteiger partial charge in [-0.3, -0.25) is 10.2 Å². The summed E-state index contributed by atoms with van der Waals surface area (Å²) in [6.45, 7) is 0. The standard InChI is InChI=1S/C16H11ClN2O3/c17-13-8-9(5-6-11(13)15(20)19-18)12-7-10-3-1-2-4-14(10)22-16(12)21/h1-8H,18H2,(H,19,20). The summed E-state index contributed by atoms with van der Waals surface area (Å²) in [6, 6.07) is 13.6. The third-order valence-corrected chi connectivity index (χ3v) is 3.61. The van der Waals surface area contributed by atoms with Crippen LogP contribution in [0.3, 0.4) is 0 Å². The highest BCUT2D eigenvalue weighted by molar-refractivity contribution is 6.34. The summed E-state index contributed by atoms with van der Waals surface area (Å²) in [7, 11) is 0. The van der Waals surface area contributed by atoms with Gasteiger partial charge in [-0.25, -0.2) is 10.6 Å². The van der Waals surface area contributed by atoms with Crippen molar-refractivity contribution in [3.05, 3.63) is 69.5 Å². The molecule has 0 bridgehead atoms. The average Bonchev–Trinajstić information content (AvgIpc) is 2.53. The van der Waals surface area contributed by atoms with Gasteiger partial charge >= 0.3 is 5.63 Å². The highest BCUT2D eigenvalue weighted by Gasteiger charge is 2.13. The number of rotatable bonds is 2. The predicted octanol–water partition coefficient (Wildman–Crippen LogP) is 2.72. The van der Waals surface area contributed by atoms with Crippen LogP contribution in [0.25, 0.3) is 22.1 Å². The van der Waals surface area contributed by atoms with Gasteiger partial charge in [0.25, 0.3) is 5.91 Å². The molecule has 2 aromatic carbocycles. The molecule has 3 aromatic rings. The minimum atomic E-state index is -0.498. The molecule has 0 aliphatic heterocycles. The van der Waals surface area contributed by atoms with Crippen LogP contribution in [0.15, 0.2) is 57.7 Å². The van der Waals surface area contributed by atoms with Crippen LogP contribution in [0.4, 0.5) is 0 Å². The molecule has 3 rings (SSSR count). The number of carbonyl (C=O) groups is 1. The molecule has 5 nitrogen and oxygen atoms in total. The molecule has 0 radical (unpaired) electrons. The Kier molecular flexibility index (Phi) is 3.66. The predicted molar refractivity (Wildman–Crippen MR) is 84.6 cm³/mol. The number of halogens is 1. The third kappa shape index (κ3) is 2.47. The van der Waals surface area contributed by atoms with E-state index in [2.05, 4.69) is 0 Å². The van der Waals surface area contributed by atoms with E-state index >= 15 is 0 Å². The van der Waals surface area contributed by atoms with Gasteiger partial charge in [-0.05, 0) is 29.8 Å². The zero-order valence-electron chi connectivity index (χ0n) is 11.3. The maximum atomic E-state index is 12.1. The van der Waals surface area contributed by atoms with Crippen molar-refractivity contribution in [2.75, 3.05) is 0 Å². The molecule has 1 aromatic heterocycles. The molecule has 3 N–H and O–H groups in total. The molecular weight excluding hydrogens is 304 g/mol. The van der Waals surface area contributed by atoms with E-state index in [9.17, 15) is 9.59 Å². The minimum Gasteiger partial charge on any atom is -0.422 e. The monoisotopic (exact) mass is 314 g/mol. The van der Waals surface area contributed by atoms with Crippen LogP contribution < -0.4 is 16.9 Å². The van der Waals surface area contributed by atoms with Crippen LogP contribution in [-0.4, -0.2) is 5.91 Å². The fraction of sp³-hybridized carbons (Fsp3) is 0. The Bertz CT molecular complexity index is 934. The zero-order chi connectivity index (χ0) is 15.7. The number of hydrogen-bond acceptors (Lipinski definition) is 4. The van der Waals surface area contributed by atoms with Crippen molar-refractivity contribution in [3.63, 3.8) is 0 Å². The van der Waals surface area contributed by atoms with E-state index in [0.717, 1.165) is 5.39 Å². The largest absolute Gasteiger partial charge is 0.422 e. The average molecular weight is 315 g/mol. The molecule has 0 spiro atoms. The summed E-state index contributed by atoms with van der Waals surface area (Å²) in [5.74, 6) is 4.59. The van der Waals surface area contributed by atoms with Gasteiger partial charge in [0.1, 0.15) is 5.58 Å². The van der Waals surface area contributed by atoms with Crippen molar-refractivity contribution in [3.8, 4) is 11.1 Å². The molecule has 0 saturated heterocycles. The van der Waals surface area contributed by atoms with Crippen molar-refractivity contribution in [1.29, 1.82) is 0 Å². The van der Waals surface area contributed by atoms with Crippen LogP contribution in [0, 0.1) is 0 Å². The highest BCUT2D eigenvalue weighted by Crippen LogP contribution is 2.26. The summed E-state index contributed by atoms with van der Waals surface area (Å²) < 4.78 is 5.29. The van der Waals surface area contributed by atoms with Gasteiger partial charge in [0.2, 0.25) is 0 Å². The molecule has 0 aliphatic rings. The van der Waals surface area contributed by atoms with Gasteiger partial charge in [-0.15, -0.1) is 0 Å². The van der Waals surface area contributed by atoms with Gasteiger partial charge < -0.3 is 4.42 Å². The number of hydrogen-bond donors (Lipinski definition) is 2. The SMILES string of the molecule is NNC(=O)c1ccc(-c2cc3ccccc3oc2=O)cc1Cl. The second-order valence-corrected chi connectivity index (χ2v) is 5.06. The fourth-order valence-electron chi connectivity index (χ4n) is 2.21. The quantitative estimate of drug-likeness (QED) is 0.329. The summed E-state index contributed by atoms with van der Waals surface area (Å²) in [5, 5.41) is 1.00. The van der Waals surface area contributed by atoms with E-state index in [1.54, 1.807) is 24.3 Å². The van der Waals surface area contributed by atoms with Gasteiger partial charge in [-0.2, -0.15) is 0 Å². The second kappa shape index (κ2) is 5.63. The van der Waals surface area contributed by atoms with Gasteiger partial charge in [0.15, 0.2) is 0 Å². The molecule has 0 unspecified atom stereocenters. The summed E-state index contributed by atoms with van der Waals surface area (Å²) in [6.07, 6.45) is 0. The molecule has 0 fully saturated rings. The summed E-state index contributed by atoms with van der Waals surface area (Å²) in [5.41, 5.74) is 3.24. The van der Waals surface area contributed by atoms with Crippen LogP contribution in [0.5, 0.6) is 0 Å². The van der Waals surface area contributed by atoms with E-state index in [-0.39, 0.29) is 10.6 Å². The van der Waals surface area contributed by atoms with Crippen molar-refractivity contribution >= 4 is 28.5 Å². The normalized spacial score (nSPS) is 10.6. The summed E-state index contributed by atoms with van der Waals surface area (Å²) >= 11 is 6.07. The number of amides is 1. The smallest absolute Gasteiger partial charge is 0.344 e. The number of nitrogens with one attached hydrogen (secondary N) is 1. The molecule has 0 aliphatic carbocycles. The first-order valence-corrected chi connectivity index (χ1v) is 6.81. The first-order valence-electron chi connectivity index (χ1n) is 6.44. The molecule has 1 heterocycles. The lowest BCUT2D eigenvalue weighted by molar-refractivity contribution is 0.0954. The zero-order valence-corrected chi connectivity index (χ0v) is 12.1. The maximum Gasteiger partial charge on any atom is 0.344 e. The van der Waals surface area contributed by atoms with Crippen molar-refractivity contribution in [1.82, 2.24) is 5.43 Å². The second-order valence-electron chi connectivity index (χ2n) is 4.65. The fourth-order valence-corrected chi connectivity index (χ4v) is 2.47. The van der Waals surface area contributed by atoms with E-state index < -0.39 is 11.5 Å². The number of hydrazine groups is 1. The maximum absolute atomic E-state index is 12.1. The number of para-hydroxylation sites is 1. The molecule has 22 heavy (non-hydrogen) atoms. The Balaban J connectivity index is 2.15. The lowest BCUT2D eigenvalue weighted by Crippen LogP contribution is -2.30. The van der Waals surface area contributed by atoms with Crippen molar-refractivity contribution in [2.24, 2.45) is 5.84 Å². The minimum absolute atomic E-state index is 0.202. The number of carbonyl (C=O) groups excluding carboxylic acids is 1. The van der Waals surface area contributed by atoms with Crippen LogP contribution in [0.2, 0.25) is 5.02 Å². The number of nitrogen functional groups attached to an aromatic ring is 1. The lowest BCUT2D eigenvalue weighted by atomic mass is 10.0. The molecule has 0 saturated carbocycles. The highest BCUT2D eigenvalue weighted by atomic mass is 35.5. The first-order chi connectivity index (χ1) is 10.6. The van der Waals surface area contributed by atoms with Crippen LogP contribution >= 0.6 is 11.6 Å². The van der Waals surface area contributed by atoms with Crippen LogP contribution in [-0.2, 0) is 0 Å². The van der Waals surface area contributed by atoms with Gasteiger partial charge in [0.05, 0.1) is 16.1 Å². The van der Waals surface area contributed by atoms with E-state index in [1.807, 2.05) is 17.6 Å². The van der Waals surface area contributed by atoms with Crippen molar-refractivity contribution < 1.29 is 9.21 Å². The topological polar surface area (TPSA) is 85.3 Å². The Morgan fingerprint density at radius 2 is 1.91 bits per heavy atom. The van der Waals surface area contributed by atoms with Crippen LogP contribution in [0.1, 0.15) is 10.4 Å². The number of fused-ring (bicyclic) bond motifs is 1. The number of benzene rings is 2. The molecule has 110 valence electrons. The Hall–Kier alpha value is -2.63. The van der Waals surface area contributed by atoms with E-state index in [4.69, 9.17) is 21.9 Å². The number of nitrogens with two attached hydrogens (primary N) is 1. The molecule has 6 heteroatoms. The van der Waals surface area contributed by atoms with Crippen molar-refractivity contribution in [2.45, 2.75) is 0 Å². The summed E-state index contributed by atoms with van der Waals surface area (Å²) in [4.78, 5) is 23.6. The Morgan fingerprint density at radius 3 is 2.64 bits per heavy atom. The lowest BCUT2D eigenvalue weighted by Gasteiger charge is -2.06. The molecule has 0 atom stereocenters. The van der Waals surface area contributed by atoms with E-state index in [0.29, 0.717) is 16.7 Å². The van der Waals surface area contributed by atoms with Gasteiger partial charge in [-0.1, -0.05) is 35.9 Å². The first kappa shape index (κ1) is 14.3.